The maximum atomic E-state index is 12.5. The maximum Gasteiger partial charge on any atom is 0.287 e. The number of halogens is 1. The quantitative estimate of drug-likeness (QED) is 0.845. The first-order valence-electron chi connectivity index (χ1n) is 6.64. The first-order chi connectivity index (χ1) is 10.9. The molecule has 0 bridgehead atoms. The lowest BCUT2D eigenvalue weighted by molar-refractivity contribution is 0.106. The molecule has 1 aliphatic heterocycles. The van der Waals surface area contributed by atoms with E-state index in [1.165, 1.54) is 7.05 Å². The van der Waals surface area contributed by atoms with Gasteiger partial charge in [0, 0.05) is 12.6 Å². The summed E-state index contributed by atoms with van der Waals surface area (Å²) >= 11 is 5.98. The largest absolute Gasteiger partial charge is 0.287 e. The van der Waals surface area contributed by atoms with Crippen LogP contribution in [-0.2, 0) is 10.0 Å². The topological polar surface area (TPSA) is 78.8 Å². The molecule has 0 amide bonds. The summed E-state index contributed by atoms with van der Waals surface area (Å²) in [5, 5.41) is 3.60. The van der Waals surface area contributed by atoms with Gasteiger partial charge in [0.05, 0.1) is 16.4 Å². The van der Waals surface area contributed by atoms with Crippen LogP contribution in [0.5, 0.6) is 0 Å². The van der Waals surface area contributed by atoms with E-state index in [2.05, 4.69) is 10.5 Å². The van der Waals surface area contributed by atoms with Gasteiger partial charge in [0.1, 0.15) is 0 Å². The van der Waals surface area contributed by atoms with Gasteiger partial charge in [0.15, 0.2) is 0 Å². The summed E-state index contributed by atoms with van der Waals surface area (Å²) in [5.74, 6) is -0.654. The van der Waals surface area contributed by atoms with Gasteiger partial charge in [-0.2, -0.15) is 13.5 Å². The van der Waals surface area contributed by atoms with Crippen LogP contribution in [0.4, 0.5) is 11.4 Å². The van der Waals surface area contributed by atoms with Crippen molar-refractivity contribution in [3.8, 4) is 0 Å². The van der Waals surface area contributed by atoms with Crippen LogP contribution in [-0.4, -0.2) is 26.3 Å². The van der Waals surface area contributed by atoms with Crippen molar-refractivity contribution in [1.29, 1.82) is 0 Å². The Balaban J connectivity index is 2.07. The van der Waals surface area contributed by atoms with Crippen LogP contribution in [0.3, 0.4) is 0 Å². The number of anilines is 2. The van der Waals surface area contributed by atoms with Crippen LogP contribution < -0.4 is 9.73 Å². The second-order valence-electron chi connectivity index (χ2n) is 4.83. The molecular formula is C15H12ClN3O3S. The molecule has 0 saturated heterocycles. The summed E-state index contributed by atoms with van der Waals surface area (Å²) in [6.45, 7) is 0. The van der Waals surface area contributed by atoms with Gasteiger partial charge >= 0.3 is 0 Å². The summed E-state index contributed by atoms with van der Waals surface area (Å²) in [6, 6.07) is 13.2. The van der Waals surface area contributed by atoms with Crippen LogP contribution in [0.1, 0.15) is 10.4 Å². The molecule has 2 aromatic rings. The van der Waals surface area contributed by atoms with E-state index in [4.69, 9.17) is 11.6 Å². The van der Waals surface area contributed by atoms with E-state index in [0.29, 0.717) is 16.4 Å². The predicted molar refractivity (Wildman–Crippen MR) is 90.6 cm³/mol. The Morgan fingerprint density at radius 1 is 1.09 bits per heavy atom. The number of rotatable bonds is 2. The summed E-state index contributed by atoms with van der Waals surface area (Å²) in [5.41, 5.74) is 3.57. The lowest BCUT2D eigenvalue weighted by Crippen LogP contribution is -2.43. The van der Waals surface area contributed by atoms with E-state index >= 15 is 0 Å². The molecule has 0 radical (unpaired) electrons. The number of nitrogens with one attached hydrogen (secondary N) is 1. The minimum atomic E-state index is -4.02. The van der Waals surface area contributed by atoms with Crippen LogP contribution in [0.25, 0.3) is 0 Å². The van der Waals surface area contributed by atoms with Gasteiger partial charge in [-0.3, -0.25) is 14.5 Å². The van der Waals surface area contributed by atoms with Crippen LogP contribution >= 0.6 is 11.6 Å². The van der Waals surface area contributed by atoms with E-state index in [-0.39, 0.29) is 5.56 Å². The lowest BCUT2D eigenvalue weighted by Gasteiger charge is -2.26. The zero-order valence-electron chi connectivity index (χ0n) is 12.0. The molecule has 0 aromatic heterocycles. The molecule has 8 heteroatoms. The van der Waals surface area contributed by atoms with Crippen LogP contribution in [0.2, 0.25) is 5.02 Å². The highest BCUT2D eigenvalue weighted by Gasteiger charge is 2.39. The van der Waals surface area contributed by atoms with Gasteiger partial charge in [-0.05, 0) is 24.3 Å². The summed E-state index contributed by atoms with van der Waals surface area (Å²) in [4.78, 5) is 12.5. The van der Waals surface area contributed by atoms with Crippen molar-refractivity contribution in [2.24, 2.45) is 5.10 Å². The summed E-state index contributed by atoms with van der Waals surface area (Å²) < 4.78 is 26.0. The number of fused-ring (bicyclic) bond motifs is 1. The molecule has 23 heavy (non-hydrogen) atoms. The van der Waals surface area contributed by atoms with E-state index in [0.717, 1.165) is 4.31 Å². The third kappa shape index (κ3) is 2.58. The van der Waals surface area contributed by atoms with Crippen molar-refractivity contribution >= 4 is 43.8 Å². The first-order valence-corrected chi connectivity index (χ1v) is 8.45. The second kappa shape index (κ2) is 5.68. The Kier molecular flexibility index (Phi) is 3.83. The van der Waals surface area contributed by atoms with Crippen LogP contribution in [0, 0.1) is 0 Å². The maximum absolute atomic E-state index is 12.5. The smallest absolute Gasteiger partial charge is 0.286 e. The number of ketones is 1. The highest BCUT2D eigenvalue weighted by molar-refractivity contribution is 8.09. The molecule has 0 spiro atoms. The fraction of sp³-hybridized carbons (Fsp3) is 0.0667. The van der Waals surface area contributed by atoms with Crippen molar-refractivity contribution in [3.05, 3.63) is 59.1 Å². The van der Waals surface area contributed by atoms with E-state index < -0.39 is 20.9 Å². The van der Waals surface area contributed by atoms with Gasteiger partial charge in [-0.25, -0.2) is 0 Å². The Hall–Kier alpha value is -2.38. The average molecular weight is 350 g/mol. The number of Topliss-reactive ketones (excluding diaryl/α,β-unsaturated/α-hetero) is 1. The second-order valence-corrected chi connectivity index (χ2v) is 7.12. The third-order valence-electron chi connectivity index (χ3n) is 3.44. The Labute approximate surface area is 138 Å². The average Bonchev–Trinajstić information content (AvgIpc) is 2.54. The highest BCUT2D eigenvalue weighted by Crippen LogP contribution is 2.29. The molecule has 0 atom stereocenters. The Bertz CT molecular complexity index is 925. The van der Waals surface area contributed by atoms with E-state index in [1.807, 2.05) is 0 Å². The summed E-state index contributed by atoms with van der Waals surface area (Å²) in [7, 11) is -2.64. The molecule has 0 unspecified atom stereocenters. The predicted octanol–water partition coefficient (Wildman–Crippen LogP) is 2.73. The zero-order valence-corrected chi connectivity index (χ0v) is 13.6. The Morgan fingerprint density at radius 2 is 1.74 bits per heavy atom. The first kappa shape index (κ1) is 15.5. The van der Waals surface area contributed by atoms with Crippen molar-refractivity contribution in [3.63, 3.8) is 0 Å². The molecule has 0 saturated carbocycles. The zero-order chi connectivity index (χ0) is 16.6. The number of carbonyl (C=O) groups excluding carboxylic acids is 1. The van der Waals surface area contributed by atoms with Crippen molar-refractivity contribution in [2.75, 3.05) is 16.8 Å². The molecule has 1 heterocycles. The standard InChI is InChI=1S/C15H12ClN3O3S/c1-19-13-9-5-2-6-10(13)14(20)15(23(19,21)22)18-17-12-8-4-3-7-11(12)16/h2-9,17H,1H3/b18-15+. The van der Waals surface area contributed by atoms with Gasteiger partial charge in [-0.15, -0.1) is 0 Å². The molecule has 2 aromatic carbocycles. The SMILES string of the molecule is CN1c2ccccc2C(=O)/C(=N\Nc2ccccc2Cl)S1(=O)=O. The van der Waals surface area contributed by atoms with E-state index in [9.17, 15) is 13.2 Å². The number of sulfonamides is 1. The molecular weight excluding hydrogens is 338 g/mol. The highest BCUT2D eigenvalue weighted by atomic mass is 35.5. The molecule has 6 nitrogen and oxygen atoms in total. The molecule has 1 N–H and O–H groups in total. The minimum Gasteiger partial charge on any atom is -0.286 e. The summed E-state index contributed by atoms with van der Waals surface area (Å²) in [6.07, 6.45) is 0. The van der Waals surface area contributed by atoms with Gasteiger partial charge in [0.25, 0.3) is 10.0 Å². The number of nitrogens with zero attached hydrogens (tertiary/aromatic N) is 2. The van der Waals surface area contributed by atoms with Crippen LogP contribution in [0.15, 0.2) is 53.6 Å². The molecule has 118 valence electrons. The number of hydrogen-bond acceptors (Lipinski definition) is 5. The number of para-hydroxylation sites is 2. The number of hydrogen-bond donors (Lipinski definition) is 1. The number of benzene rings is 2. The van der Waals surface area contributed by atoms with Crippen molar-refractivity contribution in [1.82, 2.24) is 0 Å². The lowest BCUT2D eigenvalue weighted by atomic mass is 10.1. The normalized spacial score (nSPS) is 17.9. The van der Waals surface area contributed by atoms with Gasteiger partial charge in [0.2, 0.25) is 10.8 Å². The van der Waals surface area contributed by atoms with Crippen molar-refractivity contribution in [2.45, 2.75) is 0 Å². The minimum absolute atomic E-state index is 0.282. The monoisotopic (exact) mass is 349 g/mol. The molecule has 1 aliphatic rings. The molecule has 0 aliphatic carbocycles. The van der Waals surface area contributed by atoms with Gasteiger partial charge in [-0.1, -0.05) is 35.9 Å². The fourth-order valence-corrected chi connectivity index (χ4v) is 3.56. The number of carbonyl (C=O) groups is 1. The number of hydrazone groups is 1. The van der Waals surface area contributed by atoms with E-state index in [1.54, 1.807) is 48.5 Å². The van der Waals surface area contributed by atoms with Crippen molar-refractivity contribution < 1.29 is 13.2 Å². The molecule has 3 rings (SSSR count). The Morgan fingerprint density at radius 3 is 2.48 bits per heavy atom. The third-order valence-corrected chi connectivity index (χ3v) is 5.45. The fourth-order valence-electron chi connectivity index (χ4n) is 2.20. The molecule has 0 fully saturated rings. The van der Waals surface area contributed by atoms with Gasteiger partial charge < -0.3 is 0 Å².